The molecule has 1 rings (SSSR count). The molecule has 0 aromatic rings. The van der Waals surface area contributed by atoms with Gasteiger partial charge in [-0.15, -0.1) is 12.8 Å². The Kier molecular flexibility index (Phi) is 3.63. The Bertz CT molecular complexity index is 189. The minimum absolute atomic E-state index is 0.675. The quantitative estimate of drug-likeness (QED) is 0.545. The first kappa shape index (κ1) is 9.09. The van der Waals surface area contributed by atoms with Gasteiger partial charge in [0.1, 0.15) is 0 Å². The predicted molar refractivity (Wildman–Crippen MR) is 48.8 cm³/mol. The summed E-state index contributed by atoms with van der Waals surface area (Å²) in [5.41, 5.74) is 0. The summed E-state index contributed by atoms with van der Waals surface area (Å²) in [6, 6.07) is 0. The third kappa shape index (κ3) is 2.56. The van der Waals surface area contributed by atoms with Crippen molar-refractivity contribution in [3.05, 3.63) is 0 Å². The van der Waals surface area contributed by atoms with Crippen LogP contribution in [0.2, 0.25) is 0 Å². The van der Waals surface area contributed by atoms with Crippen molar-refractivity contribution in [3.8, 4) is 24.7 Å². The summed E-state index contributed by atoms with van der Waals surface area (Å²) in [5, 5.41) is 3.22. The van der Waals surface area contributed by atoms with Crippen LogP contribution in [0.5, 0.6) is 0 Å². The molecule has 0 radical (unpaired) electrons. The fourth-order valence-electron chi connectivity index (χ4n) is 1.22. The second-order valence-corrected chi connectivity index (χ2v) is 2.77. The van der Waals surface area contributed by atoms with E-state index >= 15 is 0 Å². The number of nitrogens with zero attached hydrogens (tertiary/aromatic N) is 2. The van der Waals surface area contributed by atoms with Gasteiger partial charge in [0.05, 0.1) is 33.1 Å². The Morgan fingerprint density at radius 1 is 1.08 bits per heavy atom. The average Bonchev–Trinajstić information content (AvgIpc) is 2.06. The minimum Gasteiger partial charge on any atom is -0.291 e. The first-order valence-electron chi connectivity index (χ1n) is 3.89. The molecule has 0 atom stereocenters. The van der Waals surface area contributed by atoms with Crippen LogP contribution in [0, 0.1) is 24.7 Å². The molecule has 1 aliphatic heterocycles. The van der Waals surface area contributed by atoms with E-state index in [0.29, 0.717) is 13.1 Å². The van der Waals surface area contributed by atoms with Crippen molar-refractivity contribution in [2.75, 3.05) is 33.1 Å². The molecule has 1 N–H and O–H groups in total. The van der Waals surface area contributed by atoms with E-state index in [4.69, 9.17) is 12.8 Å². The van der Waals surface area contributed by atoms with Crippen LogP contribution in [0.15, 0.2) is 0 Å². The van der Waals surface area contributed by atoms with Crippen molar-refractivity contribution in [1.82, 2.24) is 15.1 Å². The summed E-state index contributed by atoms with van der Waals surface area (Å²) in [7, 11) is 0. The molecule has 0 aromatic heterocycles. The van der Waals surface area contributed by atoms with E-state index in [9.17, 15) is 0 Å². The van der Waals surface area contributed by atoms with Crippen molar-refractivity contribution < 1.29 is 0 Å². The second kappa shape index (κ2) is 4.79. The molecular formula is C9H13N3. The smallest absolute Gasteiger partial charge is 0.0622 e. The van der Waals surface area contributed by atoms with Crippen LogP contribution < -0.4 is 5.32 Å². The Labute approximate surface area is 73.7 Å². The molecule has 0 aliphatic carbocycles. The van der Waals surface area contributed by atoms with E-state index in [1.807, 2.05) is 0 Å². The largest absolute Gasteiger partial charge is 0.291 e. The molecule has 0 amide bonds. The predicted octanol–water partition coefficient (Wildman–Crippen LogP) is -0.667. The standard InChI is InChI=1S/C9H13N3/c1-3-5-11-7-10-8-12(9-11)6-4-2/h1-2,10H,5-9H2. The Morgan fingerprint density at radius 2 is 1.58 bits per heavy atom. The van der Waals surface area contributed by atoms with Gasteiger partial charge < -0.3 is 0 Å². The summed E-state index contributed by atoms with van der Waals surface area (Å²) in [4.78, 5) is 4.25. The lowest BCUT2D eigenvalue weighted by Crippen LogP contribution is -2.52. The Morgan fingerprint density at radius 3 is 2.00 bits per heavy atom. The highest BCUT2D eigenvalue weighted by Crippen LogP contribution is 1.96. The average molecular weight is 163 g/mol. The molecule has 3 nitrogen and oxygen atoms in total. The summed E-state index contributed by atoms with van der Waals surface area (Å²) in [5.74, 6) is 5.22. The fraction of sp³-hybridized carbons (Fsp3) is 0.556. The lowest BCUT2D eigenvalue weighted by molar-refractivity contribution is 0.0876. The van der Waals surface area contributed by atoms with Crippen molar-refractivity contribution in [2.24, 2.45) is 0 Å². The van der Waals surface area contributed by atoms with Gasteiger partial charge in [-0.1, -0.05) is 11.8 Å². The van der Waals surface area contributed by atoms with Gasteiger partial charge in [-0.25, -0.2) is 0 Å². The molecule has 1 heterocycles. The van der Waals surface area contributed by atoms with E-state index in [-0.39, 0.29) is 0 Å². The Balaban J connectivity index is 2.32. The molecule has 64 valence electrons. The van der Waals surface area contributed by atoms with Gasteiger partial charge >= 0.3 is 0 Å². The van der Waals surface area contributed by atoms with Gasteiger partial charge in [0.15, 0.2) is 0 Å². The van der Waals surface area contributed by atoms with Crippen LogP contribution >= 0.6 is 0 Å². The molecule has 0 spiro atoms. The van der Waals surface area contributed by atoms with Gasteiger partial charge in [0.2, 0.25) is 0 Å². The molecule has 1 aliphatic rings. The maximum absolute atomic E-state index is 5.20. The molecule has 0 saturated carbocycles. The normalized spacial score (nSPS) is 19.8. The van der Waals surface area contributed by atoms with Gasteiger partial charge in [-0.2, -0.15) is 0 Å². The number of rotatable bonds is 2. The first-order valence-corrected chi connectivity index (χ1v) is 3.89. The van der Waals surface area contributed by atoms with Gasteiger partial charge in [-0.3, -0.25) is 15.1 Å². The van der Waals surface area contributed by atoms with Crippen molar-refractivity contribution >= 4 is 0 Å². The fourth-order valence-corrected chi connectivity index (χ4v) is 1.22. The highest BCUT2D eigenvalue weighted by molar-refractivity contribution is 4.91. The molecule has 1 fully saturated rings. The number of hydrogen-bond acceptors (Lipinski definition) is 3. The molecule has 12 heavy (non-hydrogen) atoms. The van der Waals surface area contributed by atoms with E-state index in [1.165, 1.54) is 0 Å². The zero-order chi connectivity index (χ0) is 8.81. The third-order valence-corrected chi connectivity index (χ3v) is 1.70. The molecule has 0 unspecified atom stereocenters. The topological polar surface area (TPSA) is 18.5 Å². The number of hydrogen-bond donors (Lipinski definition) is 1. The molecule has 0 bridgehead atoms. The van der Waals surface area contributed by atoms with Gasteiger partial charge in [0.25, 0.3) is 0 Å². The monoisotopic (exact) mass is 163 g/mol. The maximum atomic E-state index is 5.20. The maximum Gasteiger partial charge on any atom is 0.0622 e. The third-order valence-electron chi connectivity index (χ3n) is 1.70. The SMILES string of the molecule is C#CCN1CNCN(CC#C)C1. The highest BCUT2D eigenvalue weighted by Gasteiger charge is 2.13. The summed E-state index contributed by atoms with van der Waals surface area (Å²) in [6.07, 6.45) is 10.4. The van der Waals surface area contributed by atoms with Crippen molar-refractivity contribution in [3.63, 3.8) is 0 Å². The van der Waals surface area contributed by atoms with Gasteiger partial charge in [-0.05, 0) is 0 Å². The van der Waals surface area contributed by atoms with Crippen molar-refractivity contribution in [2.45, 2.75) is 0 Å². The molecule has 0 aromatic carbocycles. The van der Waals surface area contributed by atoms with Crippen LogP contribution in [-0.2, 0) is 0 Å². The molecule has 1 saturated heterocycles. The zero-order valence-electron chi connectivity index (χ0n) is 7.08. The van der Waals surface area contributed by atoms with E-state index in [2.05, 4.69) is 27.0 Å². The summed E-state index contributed by atoms with van der Waals surface area (Å²) < 4.78 is 0. The minimum atomic E-state index is 0.675. The second-order valence-electron chi connectivity index (χ2n) is 2.77. The summed E-state index contributed by atoms with van der Waals surface area (Å²) >= 11 is 0. The lowest BCUT2D eigenvalue weighted by Gasteiger charge is -2.33. The number of nitrogens with one attached hydrogen (secondary N) is 1. The summed E-state index contributed by atoms with van der Waals surface area (Å²) in [6.45, 7) is 3.92. The van der Waals surface area contributed by atoms with Crippen LogP contribution in [0.25, 0.3) is 0 Å². The molecular weight excluding hydrogens is 150 g/mol. The highest BCUT2D eigenvalue weighted by atomic mass is 15.4. The van der Waals surface area contributed by atoms with Gasteiger partial charge in [0, 0.05) is 0 Å². The van der Waals surface area contributed by atoms with E-state index < -0.39 is 0 Å². The van der Waals surface area contributed by atoms with Crippen LogP contribution in [-0.4, -0.2) is 42.9 Å². The lowest BCUT2D eigenvalue weighted by atomic mass is 10.5. The van der Waals surface area contributed by atoms with Crippen molar-refractivity contribution in [1.29, 1.82) is 0 Å². The molecule has 3 heteroatoms. The number of terminal acetylenes is 2. The van der Waals surface area contributed by atoms with Crippen LogP contribution in [0.1, 0.15) is 0 Å². The first-order chi connectivity index (χ1) is 5.86. The van der Waals surface area contributed by atoms with Crippen LogP contribution in [0.3, 0.4) is 0 Å². The zero-order valence-corrected chi connectivity index (χ0v) is 7.08. The van der Waals surface area contributed by atoms with E-state index in [0.717, 1.165) is 20.0 Å². The van der Waals surface area contributed by atoms with Crippen LogP contribution in [0.4, 0.5) is 0 Å². The Hall–Kier alpha value is -1.00. The van der Waals surface area contributed by atoms with E-state index in [1.54, 1.807) is 0 Å².